The lowest BCUT2D eigenvalue weighted by Crippen LogP contribution is -2.38. The number of anilines is 1. The number of nitrogens with zero attached hydrogens (tertiary/aromatic N) is 3. The van der Waals surface area contributed by atoms with Gasteiger partial charge in [-0.15, -0.1) is 0 Å². The third-order valence-corrected chi connectivity index (χ3v) is 3.95. The summed E-state index contributed by atoms with van der Waals surface area (Å²) >= 11 is 0. The van der Waals surface area contributed by atoms with Gasteiger partial charge in [-0.1, -0.05) is 17.7 Å². The average molecular weight is 313 g/mol. The van der Waals surface area contributed by atoms with Gasteiger partial charge in [0.05, 0.1) is 12.4 Å². The largest absolute Gasteiger partial charge is 0.490 e. The normalized spacial score (nSPS) is 15.4. The van der Waals surface area contributed by atoms with E-state index < -0.39 is 5.97 Å². The van der Waals surface area contributed by atoms with Gasteiger partial charge in [-0.2, -0.15) is 0 Å². The number of rotatable bonds is 4. The van der Waals surface area contributed by atoms with E-state index in [-0.39, 0.29) is 11.8 Å². The number of aryl methyl sites for hydroxylation is 1. The first-order chi connectivity index (χ1) is 11.1. The van der Waals surface area contributed by atoms with Gasteiger partial charge < -0.3 is 14.7 Å². The fourth-order valence-corrected chi connectivity index (χ4v) is 2.61. The molecule has 120 valence electrons. The van der Waals surface area contributed by atoms with Crippen LogP contribution in [-0.4, -0.2) is 40.2 Å². The number of carbonyl (C=O) groups is 1. The second-order valence-corrected chi connectivity index (χ2v) is 5.68. The van der Waals surface area contributed by atoms with Crippen LogP contribution in [0.5, 0.6) is 5.75 Å². The quantitative estimate of drug-likeness (QED) is 0.935. The highest BCUT2D eigenvalue weighted by Crippen LogP contribution is 2.22. The summed E-state index contributed by atoms with van der Waals surface area (Å²) in [4.78, 5) is 21.0. The molecule has 1 N–H and O–H groups in total. The van der Waals surface area contributed by atoms with E-state index in [1.54, 1.807) is 0 Å². The highest BCUT2D eigenvalue weighted by Gasteiger charge is 2.22. The number of ether oxygens (including phenoxy) is 1. The molecule has 6 nitrogen and oxygen atoms in total. The van der Waals surface area contributed by atoms with E-state index in [0.29, 0.717) is 5.82 Å². The van der Waals surface area contributed by atoms with Crippen molar-refractivity contribution in [1.29, 1.82) is 0 Å². The molecule has 2 heterocycles. The van der Waals surface area contributed by atoms with Crippen LogP contribution in [0, 0.1) is 6.92 Å². The molecule has 0 amide bonds. The van der Waals surface area contributed by atoms with Gasteiger partial charge in [0.2, 0.25) is 0 Å². The van der Waals surface area contributed by atoms with E-state index in [2.05, 4.69) is 21.8 Å². The Bertz CT molecular complexity index is 662. The molecule has 1 saturated heterocycles. The summed E-state index contributed by atoms with van der Waals surface area (Å²) in [6.45, 7) is 3.69. The Morgan fingerprint density at radius 2 is 1.87 bits per heavy atom. The molecule has 0 saturated carbocycles. The first-order valence-corrected chi connectivity index (χ1v) is 7.65. The molecule has 23 heavy (non-hydrogen) atoms. The maximum atomic E-state index is 10.8. The molecule has 1 aliphatic rings. The Balaban J connectivity index is 1.55. The highest BCUT2D eigenvalue weighted by molar-refractivity contribution is 5.84. The summed E-state index contributed by atoms with van der Waals surface area (Å²) in [6, 6.07) is 8.09. The highest BCUT2D eigenvalue weighted by atomic mass is 16.5. The number of piperidine rings is 1. The van der Waals surface area contributed by atoms with Crippen molar-refractivity contribution in [3.63, 3.8) is 0 Å². The number of hydrogen-bond acceptors (Lipinski definition) is 5. The second-order valence-electron chi connectivity index (χ2n) is 5.68. The smallest absolute Gasteiger partial charge is 0.356 e. The van der Waals surface area contributed by atoms with E-state index >= 15 is 0 Å². The van der Waals surface area contributed by atoms with Crippen LogP contribution in [0.15, 0.2) is 36.7 Å². The Morgan fingerprint density at radius 1 is 1.17 bits per heavy atom. The molecule has 0 radical (unpaired) electrons. The van der Waals surface area contributed by atoms with E-state index in [9.17, 15) is 4.79 Å². The predicted octanol–water partition coefficient (Wildman–Crippen LogP) is 2.53. The summed E-state index contributed by atoms with van der Waals surface area (Å²) in [7, 11) is 0. The second kappa shape index (κ2) is 6.64. The minimum atomic E-state index is -1.06. The van der Waals surface area contributed by atoms with E-state index in [4.69, 9.17) is 9.84 Å². The first-order valence-electron chi connectivity index (χ1n) is 7.65. The zero-order chi connectivity index (χ0) is 16.2. The summed E-state index contributed by atoms with van der Waals surface area (Å²) in [6.07, 6.45) is 4.81. The van der Waals surface area contributed by atoms with Crippen molar-refractivity contribution in [2.75, 3.05) is 18.0 Å². The van der Waals surface area contributed by atoms with Crippen molar-refractivity contribution in [2.45, 2.75) is 25.9 Å². The van der Waals surface area contributed by atoms with Gasteiger partial charge in [-0.05, 0) is 19.1 Å². The number of aromatic nitrogens is 2. The molecule has 0 unspecified atom stereocenters. The lowest BCUT2D eigenvalue weighted by atomic mass is 10.1. The zero-order valence-corrected chi connectivity index (χ0v) is 13.0. The third kappa shape index (κ3) is 3.77. The van der Waals surface area contributed by atoms with Crippen molar-refractivity contribution in [3.05, 3.63) is 47.9 Å². The van der Waals surface area contributed by atoms with Crippen LogP contribution in [0.25, 0.3) is 0 Å². The van der Waals surface area contributed by atoms with Crippen LogP contribution in [0.2, 0.25) is 0 Å². The molecule has 0 spiro atoms. The molecule has 2 aromatic rings. The Kier molecular flexibility index (Phi) is 4.41. The third-order valence-electron chi connectivity index (χ3n) is 3.95. The molecule has 6 heteroatoms. The molecule has 1 aliphatic heterocycles. The molecule has 3 rings (SSSR count). The first kappa shape index (κ1) is 15.3. The fourth-order valence-electron chi connectivity index (χ4n) is 2.61. The summed E-state index contributed by atoms with van der Waals surface area (Å²) in [5, 5.41) is 8.85. The van der Waals surface area contributed by atoms with E-state index in [1.807, 2.05) is 24.3 Å². The molecule has 1 fully saturated rings. The van der Waals surface area contributed by atoms with Gasteiger partial charge >= 0.3 is 5.97 Å². The van der Waals surface area contributed by atoms with Crippen LogP contribution >= 0.6 is 0 Å². The standard InChI is InChI=1S/C17H19N3O3/c1-12-2-4-13(5-3-12)23-14-6-8-20(9-7-14)16-11-18-15(10-19-16)17(21)22/h2-5,10-11,14H,6-9H2,1H3,(H,21,22). The summed E-state index contributed by atoms with van der Waals surface area (Å²) in [5.74, 6) is 0.553. The van der Waals surface area contributed by atoms with Gasteiger partial charge in [0.1, 0.15) is 17.7 Å². The Hall–Kier alpha value is -2.63. The van der Waals surface area contributed by atoms with Gasteiger partial charge in [0.15, 0.2) is 5.69 Å². The number of aromatic carboxylic acids is 1. The van der Waals surface area contributed by atoms with Crippen molar-refractivity contribution in [1.82, 2.24) is 9.97 Å². The van der Waals surface area contributed by atoms with Crippen LogP contribution in [-0.2, 0) is 0 Å². The van der Waals surface area contributed by atoms with Crippen LogP contribution < -0.4 is 9.64 Å². The SMILES string of the molecule is Cc1ccc(OC2CCN(c3cnc(C(=O)O)cn3)CC2)cc1. The Labute approximate surface area is 134 Å². The summed E-state index contributed by atoms with van der Waals surface area (Å²) < 4.78 is 6.00. The van der Waals surface area contributed by atoms with Gasteiger partial charge in [-0.25, -0.2) is 14.8 Å². The average Bonchev–Trinajstić information content (AvgIpc) is 2.58. The monoisotopic (exact) mass is 313 g/mol. The number of benzene rings is 1. The maximum Gasteiger partial charge on any atom is 0.356 e. The van der Waals surface area contributed by atoms with E-state index in [0.717, 1.165) is 31.7 Å². The minimum absolute atomic E-state index is 0.0358. The van der Waals surface area contributed by atoms with Gasteiger partial charge in [0.25, 0.3) is 0 Å². The molecule has 0 atom stereocenters. The van der Waals surface area contributed by atoms with Crippen molar-refractivity contribution in [2.24, 2.45) is 0 Å². The van der Waals surface area contributed by atoms with Crippen LogP contribution in [0.4, 0.5) is 5.82 Å². The van der Waals surface area contributed by atoms with Crippen molar-refractivity contribution >= 4 is 11.8 Å². The Morgan fingerprint density at radius 3 is 2.43 bits per heavy atom. The fraction of sp³-hybridized carbons (Fsp3) is 0.353. The van der Waals surface area contributed by atoms with E-state index in [1.165, 1.54) is 18.0 Å². The molecule has 0 bridgehead atoms. The predicted molar refractivity (Wildman–Crippen MR) is 86.0 cm³/mol. The molecular formula is C17H19N3O3. The van der Waals surface area contributed by atoms with Crippen molar-refractivity contribution < 1.29 is 14.6 Å². The van der Waals surface area contributed by atoms with Gasteiger partial charge in [0, 0.05) is 25.9 Å². The lowest BCUT2D eigenvalue weighted by molar-refractivity contribution is 0.0690. The maximum absolute atomic E-state index is 10.8. The molecular weight excluding hydrogens is 294 g/mol. The topological polar surface area (TPSA) is 75.5 Å². The lowest BCUT2D eigenvalue weighted by Gasteiger charge is -2.32. The molecule has 1 aromatic heterocycles. The van der Waals surface area contributed by atoms with Crippen LogP contribution in [0.3, 0.4) is 0 Å². The van der Waals surface area contributed by atoms with Gasteiger partial charge in [-0.3, -0.25) is 0 Å². The van der Waals surface area contributed by atoms with Crippen LogP contribution in [0.1, 0.15) is 28.9 Å². The summed E-state index contributed by atoms with van der Waals surface area (Å²) in [5.41, 5.74) is 1.18. The van der Waals surface area contributed by atoms with Crippen molar-refractivity contribution in [3.8, 4) is 5.75 Å². The zero-order valence-electron chi connectivity index (χ0n) is 13.0. The molecule has 0 aliphatic carbocycles. The minimum Gasteiger partial charge on any atom is -0.490 e. The number of hydrogen-bond donors (Lipinski definition) is 1. The number of carboxylic acids is 1. The molecule has 1 aromatic carbocycles. The number of carboxylic acid groups (broad SMARTS) is 1.